The van der Waals surface area contributed by atoms with Gasteiger partial charge in [0.2, 0.25) is 0 Å². The van der Waals surface area contributed by atoms with Gasteiger partial charge in [-0.2, -0.15) is 0 Å². The molecule has 0 aliphatic rings. The summed E-state index contributed by atoms with van der Waals surface area (Å²) in [5.74, 6) is -1.08. The van der Waals surface area contributed by atoms with Crippen LogP contribution < -0.4 is 5.73 Å². The van der Waals surface area contributed by atoms with E-state index in [9.17, 15) is 4.79 Å². The molecule has 18 heavy (non-hydrogen) atoms. The first-order chi connectivity index (χ1) is 8.63. The zero-order chi connectivity index (χ0) is 13.1. The predicted molar refractivity (Wildman–Crippen MR) is 69.3 cm³/mol. The fourth-order valence-electron chi connectivity index (χ4n) is 1.58. The lowest BCUT2D eigenvalue weighted by Crippen LogP contribution is -2.20. The summed E-state index contributed by atoms with van der Waals surface area (Å²) in [4.78, 5) is 19.4. The van der Waals surface area contributed by atoms with Crippen LogP contribution in [0.2, 0.25) is 0 Å². The Morgan fingerprint density at radius 2 is 2.39 bits per heavy atom. The minimum absolute atomic E-state index is 0.371. The Bertz CT molecular complexity index is 568. The van der Waals surface area contributed by atoms with Crippen LogP contribution in [0.4, 0.5) is 0 Å². The summed E-state index contributed by atoms with van der Waals surface area (Å²) < 4.78 is 0. The first-order valence-corrected chi connectivity index (χ1v) is 6.39. The molecule has 94 valence electrons. The molecule has 0 saturated heterocycles. The van der Waals surface area contributed by atoms with Crippen molar-refractivity contribution < 1.29 is 9.90 Å². The van der Waals surface area contributed by atoms with E-state index < -0.39 is 12.0 Å². The highest BCUT2D eigenvalue weighted by Crippen LogP contribution is 2.27. The summed E-state index contributed by atoms with van der Waals surface area (Å²) >= 11 is 1.36. The molecule has 2 heterocycles. The minimum atomic E-state index is -1.08. The van der Waals surface area contributed by atoms with Crippen molar-refractivity contribution in [2.45, 2.75) is 19.4 Å². The van der Waals surface area contributed by atoms with E-state index in [0.717, 1.165) is 17.7 Å². The Kier molecular flexibility index (Phi) is 3.69. The number of rotatable bonds is 4. The molecule has 6 heteroatoms. The predicted octanol–water partition coefficient (Wildman–Crippen LogP) is 1.85. The lowest BCUT2D eigenvalue weighted by molar-refractivity contribution is -0.138. The van der Waals surface area contributed by atoms with Gasteiger partial charge < -0.3 is 10.8 Å². The Morgan fingerprint density at radius 1 is 1.61 bits per heavy atom. The summed E-state index contributed by atoms with van der Waals surface area (Å²) in [6.07, 6.45) is 2.55. The number of hydrogen-bond donors (Lipinski definition) is 2. The van der Waals surface area contributed by atoms with Gasteiger partial charge in [0, 0.05) is 11.6 Å². The van der Waals surface area contributed by atoms with Crippen LogP contribution in [0.15, 0.2) is 23.7 Å². The van der Waals surface area contributed by atoms with E-state index >= 15 is 0 Å². The minimum Gasteiger partial charge on any atom is -0.480 e. The van der Waals surface area contributed by atoms with Gasteiger partial charge in [-0.15, -0.1) is 11.3 Å². The monoisotopic (exact) mass is 263 g/mol. The van der Waals surface area contributed by atoms with E-state index in [0.29, 0.717) is 10.7 Å². The summed E-state index contributed by atoms with van der Waals surface area (Å²) in [6.45, 7) is 2.04. The number of thiazole rings is 1. The average Bonchev–Trinajstić information content (AvgIpc) is 2.87. The van der Waals surface area contributed by atoms with Gasteiger partial charge in [0.05, 0.1) is 5.69 Å². The number of carboxylic acid groups (broad SMARTS) is 1. The number of nitrogens with two attached hydrogens (primary N) is 1. The molecule has 0 fully saturated rings. The van der Waals surface area contributed by atoms with Crippen molar-refractivity contribution in [3.8, 4) is 10.7 Å². The molecule has 0 aromatic carbocycles. The summed E-state index contributed by atoms with van der Waals surface area (Å²) in [6, 6.07) is 2.78. The van der Waals surface area contributed by atoms with Gasteiger partial charge >= 0.3 is 5.97 Å². The number of aliphatic carboxylic acids is 1. The second kappa shape index (κ2) is 5.24. The number of hydrogen-bond acceptors (Lipinski definition) is 5. The molecule has 1 atom stereocenters. The van der Waals surface area contributed by atoms with Crippen molar-refractivity contribution in [1.82, 2.24) is 9.97 Å². The third-order valence-corrected chi connectivity index (χ3v) is 3.45. The third kappa shape index (κ3) is 2.39. The Labute approximate surface area is 108 Å². The molecule has 3 N–H and O–H groups in total. The molecular weight excluding hydrogens is 250 g/mol. The first kappa shape index (κ1) is 12.7. The van der Waals surface area contributed by atoms with Gasteiger partial charge in [-0.25, -0.2) is 4.98 Å². The highest BCUT2D eigenvalue weighted by molar-refractivity contribution is 7.13. The Balaban J connectivity index is 2.38. The van der Waals surface area contributed by atoms with E-state index in [1.54, 1.807) is 11.6 Å². The molecule has 0 radical (unpaired) electrons. The van der Waals surface area contributed by atoms with Gasteiger partial charge in [-0.3, -0.25) is 9.78 Å². The van der Waals surface area contributed by atoms with Crippen LogP contribution in [0.25, 0.3) is 10.7 Å². The molecule has 0 aliphatic carbocycles. The second-order valence-electron chi connectivity index (χ2n) is 3.76. The highest BCUT2D eigenvalue weighted by Gasteiger charge is 2.19. The van der Waals surface area contributed by atoms with Crippen molar-refractivity contribution in [3.63, 3.8) is 0 Å². The lowest BCUT2D eigenvalue weighted by atomic mass is 10.1. The smallest absolute Gasteiger partial charge is 0.326 e. The van der Waals surface area contributed by atoms with Crippen molar-refractivity contribution in [2.24, 2.45) is 5.73 Å². The molecule has 2 aromatic heterocycles. The molecule has 5 nitrogen and oxygen atoms in total. The highest BCUT2D eigenvalue weighted by atomic mass is 32.1. The van der Waals surface area contributed by atoms with Gasteiger partial charge in [0.1, 0.15) is 16.7 Å². The van der Waals surface area contributed by atoms with Crippen molar-refractivity contribution in [2.75, 3.05) is 0 Å². The van der Waals surface area contributed by atoms with Gasteiger partial charge in [0.25, 0.3) is 0 Å². The zero-order valence-electron chi connectivity index (χ0n) is 9.83. The number of carboxylic acids is 1. The van der Waals surface area contributed by atoms with Crippen LogP contribution in [0.3, 0.4) is 0 Å². The molecule has 0 spiro atoms. The van der Waals surface area contributed by atoms with Gasteiger partial charge in [-0.05, 0) is 18.1 Å². The van der Waals surface area contributed by atoms with Gasteiger partial charge in [-0.1, -0.05) is 13.0 Å². The molecule has 2 rings (SSSR count). The second-order valence-corrected chi connectivity index (χ2v) is 4.62. The van der Waals surface area contributed by atoms with Crippen LogP contribution in [0, 0.1) is 0 Å². The van der Waals surface area contributed by atoms with E-state index in [4.69, 9.17) is 10.8 Å². The average molecular weight is 263 g/mol. The number of aryl methyl sites for hydroxylation is 1. The molecular formula is C12H13N3O2S. The maximum Gasteiger partial charge on any atom is 0.326 e. The van der Waals surface area contributed by atoms with Crippen molar-refractivity contribution >= 4 is 17.3 Å². The summed E-state index contributed by atoms with van der Waals surface area (Å²) in [5.41, 5.74) is 7.78. The van der Waals surface area contributed by atoms with Crippen LogP contribution in [-0.4, -0.2) is 21.0 Å². The Morgan fingerprint density at radius 3 is 3.06 bits per heavy atom. The molecule has 0 aliphatic heterocycles. The molecule has 0 saturated carbocycles. The Hall–Kier alpha value is -1.79. The van der Waals surface area contributed by atoms with Gasteiger partial charge in [0.15, 0.2) is 0 Å². The first-order valence-electron chi connectivity index (χ1n) is 5.51. The van der Waals surface area contributed by atoms with Crippen molar-refractivity contribution in [1.29, 1.82) is 0 Å². The maximum atomic E-state index is 10.8. The lowest BCUT2D eigenvalue weighted by Gasteiger charge is -2.03. The summed E-state index contributed by atoms with van der Waals surface area (Å²) in [5, 5.41) is 11.2. The number of nitrogens with zero attached hydrogens (tertiary/aromatic N) is 2. The molecule has 2 aromatic rings. The van der Waals surface area contributed by atoms with Crippen LogP contribution in [0.5, 0.6) is 0 Å². The third-order valence-electron chi connectivity index (χ3n) is 2.58. The fourth-order valence-corrected chi connectivity index (χ4v) is 2.47. The number of aromatic nitrogens is 2. The standard InChI is InChI=1S/C12H13N3O2S/c1-2-7-4-3-5-14-10(7)11-15-8(6-18-11)9(13)12(16)17/h3-6,9H,2,13H2,1H3,(H,16,17). The summed E-state index contributed by atoms with van der Waals surface area (Å²) in [7, 11) is 0. The van der Waals surface area contributed by atoms with Crippen LogP contribution in [-0.2, 0) is 11.2 Å². The maximum absolute atomic E-state index is 10.8. The number of pyridine rings is 1. The normalized spacial score (nSPS) is 12.3. The molecule has 0 amide bonds. The van der Waals surface area contributed by atoms with E-state index in [1.165, 1.54) is 11.3 Å². The topological polar surface area (TPSA) is 89.1 Å². The van der Waals surface area contributed by atoms with Crippen molar-refractivity contribution in [3.05, 3.63) is 35.0 Å². The zero-order valence-corrected chi connectivity index (χ0v) is 10.6. The van der Waals surface area contributed by atoms with E-state index in [-0.39, 0.29) is 0 Å². The SMILES string of the molecule is CCc1cccnc1-c1nc(C(N)C(=O)O)cs1. The van der Waals surface area contributed by atoms with Crippen LogP contribution >= 0.6 is 11.3 Å². The fraction of sp³-hybridized carbons (Fsp3) is 0.250. The largest absolute Gasteiger partial charge is 0.480 e. The van der Waals surface area contributed by atoms with E-state index in [2.05, 4.69) is 9.97 Å². The quantitative estimate of drug-likeness (QED) is 0.878. The van der Waals surface area contributed by atoms with Crippen LogP contribution in [0.1, 0.15) is 24.2 Å². The van der Waals surface area contributed by atoms with E-state index in [1.807, 2.05) is 19.1 Å². The molecule has 1 unspecified atom stereocenters. The number of carbonyl (C=O) groups is 1. The molecule has 0 bridgehead atoms.